The molecule has 88 valence electrons. The van der Waals surface area contributed by atoms with Crippen LogP contribution in [0.25, 0.3) is 0 Å². The predicted octanol–water partition coefficient (Wildman–Crippen LogP) is 0.489. The lowest BCUT2D eigenvalue weighted by Crippen LogP contribution is -2.33. The van der Waals surface area contributed by atoms with Crippen LogP contribution in [-0.2, 0) is 4.74 Å². The monoisotopic (exact) mass is 223 g/mol. The fourth-order valence-corrected chi connectivity index (χ4v) is 1.82. The zero-order valence-corrected chi connectivity index (χ0v) is 9.56. The molecule has 0 spiro atoms. The lowest BCUT2D eigenvalue weighted by Gasteiger charge is -2.19. The SMILES string of the molecule is COc1ccc(NC2CNC[C@@H]2OC)nc1. The van der Waals surface area contributed by atoms with Crippen molar-refractivity contribution in [2.45, 2.75) is 12.1 Å². The smallest absolute Gasteiger partial charge is 0.137 e. The summed E-state index contributed by atoms with van der Waals surface area (Å²) in [6, 6.07) is 4.06. The molecule has 0 amide bonds. The second-order valence-electron chi connectivity index (χ2n) is 3.77. The highest BCUT2D eigenvalue weighted by molar-refractivity contribution is 5.39. The lowest BCUT2D eigenvalue weighted by molar-refractivity contribution is 0.111. The summed E-state index contributed by atoms with van der Waals surface area (Å²) in [5.74, 6) is 1.61. The summed E-state index contributed by atoms with van der Waals surface area (Å²) in [6.07, 6.45) is 1.90. The van der Waals surface area contributed by atoms with Gasteiger partial charge >= 0.3 is 0 Å². The Kier molecular flexibility index (Phi) is 3.58. The molecule has 0 saturated carbocycles. The van der Waals surface area contributed by atoms with Crippen molar-refractivity contribution in [3.8, 4) is 5.75 Å². The minimum Gasteiger partial charge on any atom is -0.495 e. The number of hydrogen-bond acceptors (Lipinski definition) is 5. The van der Waals surface area contributed by atoms with Crippen LogP contribution in [0.4, 0.5) is 5.82 Å². The minimum atomic E-state index is 0.198. The molecule has 1 unspecified atom stereocenters. The summed E-state index contributed by atoms with van der Waals surface area (Å²) in [6.45, 7) is 1.77. The maximum absolute atomic E-state index is 5.36. The molecule has 1 fully saturated rings. The van der Waals surface area contributed by atoms with Gasteiger partial charge in [-0.25, -0.2) is 4.98 Å². The van der Waals surface area contributed by atoms with Crippen molar-refractivity contribution in [3.63, 3.8) is 0 Å². The molecule has 1 saturated heterocycles. The number of pyridine rings is 1. The third kappa shape index (κ3) is 2.43. The fourth-order valence-electron chi connectivity index (χ4n) is 1.82. The van der Waals surface area contributed by atoms with E-state index in [4.69, 9.17) is 9.47 Å². The Morgan fingerprint density at radius 1 is 1.38 bits per heavy atom. The van der Waals surface area contributed by atoms with E-state index in [9.17, 15) is 0 Å². The Labute approximate surface area is 95.2 Å². The summed E-state index contributed by atoms with van der Waals surface area (Å²) in [7, 11) is 3.36. The van der Waals surface area contributed by atoms with Crippen LogP contribution in [0, 0.1) is 0 Å². The summed E-state index contributed by atoms with van der Waals surface area (Å²) in [5, 5.41) is 6.62. The van der Waals surface area contributed by atoms with E-state index in [1.54, 1.807) is 20.4 Å². The quantitative estimate of drug-likeness (QED) is 0.778. The molecule has 0 bridgehead atoms. The van der Waals surface area contributed by atoms with Crippen molar-refractivity contribution in [3.05, 3.63) is 18.3 Å². The van der Waals surface area contributed by atoms with Crippen molar-refractivity contribution in [2.75, 3.05) is 32.6 Å². The van der Waals surface area contributed by atoms with Gasteiger partial charge in [-0.1, -0.05) is 0 Å². The maximum atomic E-state index is 5.36. The van der Waals surface area contributed by atoms with E-state index in [1.165, 1.54) is 0 Å². The van der Waals surface area contributed by atoms with Crippen LogP contribution in [0.3, 0.4) is 0 Å². The van der Waals surface area contributed by atoms with E-state index in [0.29, 0.717) is 0 Å². The number of nitrogens with one attached hydrogen (secondary N) is 2. The molecule has 0 aliphatic carbocycles. The largest absolute Gasteiger partial charge is 0.495 e. The summed E-state index contributed by atoms with van der Waals surface area (Å²) in [5.41, 5.74) is 0. The summed E-state index contributed by atoms with van der Waals surface area (Å²) in [4.78, 5) is 4.26. The highest BCUT2D eigenvalue weighted by Crippen LogP contribution is 2.14. The number of hydrogen-bond donors (Lipinski definition) is 2. The first-order chi connectivity index (χ1) is 7.83. The molecule has 0 aromatic carbocycles. The van der Waals surface area contributed by atoms with Crippen LogP contribution in [0.15, 0.2) is 18.3 Å². The molecule has 16 heavy (non-hydrogen) atoms. The highest BCUT2D eigenvalue weighted by Gasteiger charge is 2.26. The van der Waals surface area contributed by atoms with E-state index >= 15 is 0 Å². The first-order valence-corrected chi connectivity index (χ1v) is 5.33. The Hall–Kier alpha value is -1.33. The number of anilines is 1. The van der Waals surface area contributed by atoms with Gasteiger partial charge in [-0.3, -0.25) is 0 Å². The molecule has 1 aliphatic heterocycles. The molecule has 2 N–H and O–H groups in total. The Morgan fingerprint density at radius 3 is 2.88 bits per heavy atom. The Bertz CT molecular complexity index is 329. The number of methoxy groups -OCH3 is 2. The predicted molar refractivity (Wildman–Crippen MR) is 61.9 cm³/mol. The zero-order chi connectivity index (χ0) is 11.4. The normalized spacial score (nSPS) is 24.4. The second kappa shape index (κ2) is 5.14. The average Bonchev–Trinajstić information content (AvgIpc) is 2.77. The molecule has 5 heteroatoms. The molecule has 2 heterocycles. The summed E-state index contributed by atoms with van der Waals surface area (Å²) >= 11 is 0. The van der Waals surface area contributed by atoms with Gasteiger partial charge < -0.3 is 20.1 Å². The van der Waals surface area contributed by atoms with Crippen molar-refractivity contribution >= 4 is 5.82 Å². The van der Waals surface area contributed by atoms with Gasteiger partial charge in [0.25, 0.3) is 0 Å². The Morgan fingerprint density at radius 2 is 2.25 bits per heavy atom. The van der Waals surface area contributed by atoms with Gasteiger partial charge in [0, 0.05) is 20.2 Å². The molecule has 5 nitrogen and oxygen atoms in total. The fraction of sp³-hybridized carbons (Fsp3) is 0.545. The van der Waals surface area contributed by atoms with E-state index in [0.717, 1.165) is 24.7 Å². The second-order valence-corrected chi connectivity index (χ2v) is 3.77. The highest BCUT2D eigenvalue weighted by atomic mass is 16.5. The third-order valence-electron chi connectivity index (χ3n) is 2.77. The van der Waals surface area contributed by atoms with Crippen LogP contribution in [0.2, 0.25) is 0 Å². The molecule has 0 radical (unpaired) electrons. The van der Waals surface area contributed by atoms with E-state index in [-0.39, 0.29) is 12.1 Å². The van der Waals surface area contributed by atoms with Crippen LogP contribution >= 0.6 is 0 Å². The van der Waals surface area contributed by atoms with Crippen molar-refractivity contribution in [1.82, 2.24) is 10.3 Å². The van der Waals surface area contributed by atoms with Gasteiger partial charge in [-0.15, -0.1) is 0 Å². The molecule has 2 rings (SSSR count). The van der Waals surface area contributed by atoms with Gasteiger partial charge in [-0.2, -0.15) is 0 Å². The van der Waals surface area contributed by atoms with Crippen LogP contribution in [0.1, 0.15) is 0 Å². The molecular weight excluding hydrogens is 206 g/mol. The molecule has 1 aromatic heterocycles. The Balaban J connectivity index is 1.97. The molecule has 2 atom stereocenters. The van der Waals surface area contributed by atoms with Crippen LogP contribution in [-0.4, -0.2) is 44.4 Å². The molecule has 1 aliphatic rings. The van der Waals surface area contributed by atoms with Crippen LogP contribution < -0.4 is 15.4 Å². The van der Waals surface area contributed by atoms with Crippen molar-refractivity contribution in [2.24, 2.45) is 0 Å². The van der Waals surface area contributed by atoms with Gasteiger partial charge in [-0.05, 0) is 12.1 Å². The first-order valence-electron chi connectivity index (χ1n) is 5.33. The first kappa shape index (κ1) is 11.2. The number of aromatic nitrogens is 1. The molecule has 1 aromatic rings. The van der Waals surface area contributed by atoms with Gasteiger partial charge in [0.05, 0.1) is 25.5 Å². The third-order valence-corrected chi connectivity index (χ3v) is 2.77. The maximum Gasteiger partial charge on any atom is 0.137 e. The lowest BCUT2D eigenvalue weighted by atomic mass is 10.2. The van der Waals surface area contributed by atoms with Crippen molar-refractivity contribution in [1.29, 1.82) is 0 Å². The minimum absolute atomic E-state index is 0.198. The van der Waals surface area contributed by atoms with Gasteiger partial charge in [0.1, 0.15) is 11.6 Å². The number of rotatable bonds is 4. The van der Waals surface area contributed by atoms with Crippen LogP contribution in [0.5, 0.6) is 5.75 Å². The van der Waals surface area contributed by atoms with E-state index < -0.39 is 0 Å². The van der Waals surface area contributed by atoms with E-state index in [1.807, 2.05) is 12.1 Å². The topological polar surface area (TPSA) is 55.4 Å². The van der Waals surface area contributed by atoms with Gasteiger partial charge in [0.2, 0.25) is 0 Å². The van der Waals surface area contributed by atoms with Crippen molar-refractivity contribution < 1.29 is 9.47 Å². The average molecular weight is 223 g/mol. The summed E-state index contributed by atoms with van der Waals surface area (Å²) < 4.78 is 10.4. The molecular formula is C11H17N3O2. The number of nitrogens with zero attached hydrogens (tertiary/aromatic N) is 1. The standard InChI is InChI=1S/C11H17N3O2/c1-15-8-3-4-11(13-5-8)14-9-6-12-7-10(9)16-2/h3-5,9-10,12H,6-7H2,1-2H3,(H,13,14)/t9?,10-/m0/s1. The number of ether oxygens (including phenoxy) is 2. The van der Waals surface area contributed by atoms with E-state index in [2.05, 4.69) is 15.6 Å². The zero-order valence-electron chi connectivity index (χ0n) is 9.56. The van der Waals surface area contributed by atoms with Gasteiger partial charge in [0.15, 0.2) is 0 Å².